The van der Waals surface area contributed by atoms with Crippen molar-refractivity contribution in [3.05, 3.63) is 0 Å². The first-order chi connectivity index (χ1) is 12.5. The van der Waals surface area contributed by atoms with Crippen LogP contribution in [0, 0.1) is 0 Å². The zero-order chi connectivity index (χ0) is 19.2. The molecule has 0 spiro atoms. The van der Waals surface area contributed by atoms with Crippen LogP contribution < -0.4 is 16.0 Å². The van der Waals surface area contributed by atoms with E-state index in [9.17, 15) is 0 Å². The van der Waals surface area contributed by atoms with Crippen LogP contribution in [-0.4, -0.2) is 86.2 Å². The van der Waals surface area contributed by atoms with Crippen LogP contribution >= 0.6 is 0 Å². The van der Waals surface area contributed by atoms with Gasteiger partial charge in [-0.15, -0.1) is 0 Å². The van der Waals surface area contributed by atoms with Gasteiger partial charge in [-0.25, -0.2) is 0 Å². The number of nitrogens with zero attached hydrogens (tertiary/aromatic N) is 5. The lowest BCUT2D eigenvalue weighted by Crippen LogP contribution is -2.15. The molecule has 0 saturated heterocycles. The Labute approximate surface area is 159 Å². The minimum absolute atomic E-state index is 0.588. The van der Waals surface area contributed by atoms with E-state index in [0.717, 1.165) is 39.0 Å². The van der Waals surface area contributed by atoms with Gasteiger partial charge in [0.05, 0.1) is 0 Å². The van der Waals surface area contributed by atoms with E-state index in [1.165, 1.54) is 25.7 Å². The SMILES string of the molecule is CNc1nc(NCCCCCN(C)C)nc(NCCCCCN(C)C)n1. The summed E-state index contributed by atoms with van der Waals surface area (Å²) in [6.07, 6.45) is 7.06. The first kappa shape index (κ1) is 22.4. The van der Waals surface area contributed by atoms with Gasteiger partial charge in [-0.05, 0) is 67.0 Å². The molecule has 0 fully saturated rings. The van der Waals surface area contributed by atoms with Crippen molar-refractivity contribution < 1.29 is 0 Å². The Morgan fingerprint density at radius 1 is 0.615 bits per heavy atom. The lowest BCUT2D eigenvalue weighted by Gasteiger charge is -2.11. The van der Waals surface area contributed by atoms with Gasteiger partial charge in [-0.1, -0.05) is 12.8 Å². The molecular formula is C18H38N8. The Bertz CT molecular complexity index is 440. The highest BCUT2D eigenvalue weighted by atomic mass is 15.3. The Hall–Kier alpha value is -1.67. The van der Waals surface area contributed by atoms with Gasteiger partial charge in [0.2, 0.25) is 17.8 Å². The summed E-state index contributed by atoms with van der Waals surface area (Å²) in [5, 5.41) is 9.62. The van der Waals surface area contributed by atoms with Crippen molar-refractivity contribution in [2.45, 2.75) is 38.5 Å². The van der Waals surface area contributed by atoms with Crippen molar-refractivity contribution in [3.8, 4) is 0 Å². The normalized spacial score (nSPS) is 11.2. The van der Waals surface area contributed by atoms with E-state index in [0.29, 0.717) is 17.8 Å². The van der Waals surface area contributed by atoms with Crippen LogP contribution in [0.4, 0.5) is 17.8 Å². The van der Waals surface area contributed by atoms with E-state index in [2.05, 4.69) is 68.9 Å². The maximum Gasteiger partial charge on any atom is 0.229 e. The van der Waals surface area contributed by atoms with Gasteiger partial charge in [0.1, 0.15) is 0 Å². The zero-order valence-corrected chi connectivity index (χ0v) is 17.3. The van der Waals surface area contributed by atoms with Crippen LogP contribution in [0.25, 0.3) is 0 Å². The van der Waals surface area contributed by atoms with Crippen molar-refractivity contribution in [2.75, 3.05) is 77.4 Å². The van der Waals surface area contributed by atoms with E-state index in [-0.39, 0.29) is 0 Å². The molecule has 1 aromatic heterocycles. The molecule has 26 heavy (non-hydrogen) atoms. The molecule has 1 rings (SSSR count). The van der Waals surface area contributed by atoms with Crippen molar-refractivity contribution in [3.63, 3.8) is 0 Å². The van der Waals surface area contributed by atoms with Gasteiger partial charge < -0.3 is 25.8 Å². The van der Waals surface area contributed by atoms with Crippen LogP contribution in [0.15, 0.2) is 0 Å². The van der Waals surface area contributed by atoms with Crippen LogP contribution in [0.1, 0.15) is 38.5 Å². The molecule has 3 N–H and O–H groups in total. The molecule has 0 aliphatic rings. The molecule has 0 aliphatic heterocycles. The fraction of sp³-hybridized carbons (Fsp3) is 0.833. The maximum absolute atomic E-state index is 4.47. The fourth-order valence-electron chi connectivity index (χ4n) is 2.51. The maximum atomic E-state index is 4.47. The summed E-state index contributed by atoms with van der Waals surface area (Å²) < 4.78 is 0. The second kappa shape index (κ2) is 13.5. The van der Waals surface area contributed by atoms with Gasteiger partial charge in [0.25, 0.3) is 0 Å². The van der Waals surface area contributed by atoms with Crippen molar-refractivity contribution >= 4 is 17.8 Å². The number of rotatable bonds is 15. The van der Waals surface area contributed by atoms with E-state index < -0.39 is 0 Å². The first-order valence-corrected chi connectivity index (χ1v) is 9.72. The monoisotopic (exact) mass is 366 g/mol. The Morgan fingerprint density at radius 2 is 1.04 bits per heavy atom. The Morgan fingerprint density at radius 3 is 1.42 bits per heavy atom. The van der Waals surface area contributed by atoms with Gasteiger partial charge in [-0.2, -0.15) is 15.0 Å². The third-order valence-electron chi connectivity index (χ3n) is 3.99. The highest BCUT2D eigenvalue weighted by Gasteiger charge is 2.05. The molecule has 1 aromatic rings. The minimum Gasteiger partial charge on any atom is -0.357 e. The van der Waals surface area contributed by atoms with Crippen LogP contribution in [-0.2, 0) is 0 Å². The molecule has 0 aliphatic carbocycles. The van der Waals surface area contributed by atoms with E-state index >= 15 is 0 Å². The lowest BCUT2D eigenvalue weighted by molar-refractivity contribution is 0.392. The molecule has 0 unspecified atom stereocenters. The van der Waals surface area contributed by atoms with Gasteiger partial charge in [0.15, 0.2) is 0 Å². The standard InChI is InChI=1S/C18H38N8/c1-19-16-22-17(20-12-8-6-10-14-25(2)3)24-18(23-16)21-13-9-7-11-15-26(4)5/h6-15H2,1-5H3,(H3,19,20,21,22,23,24). The largest absolute Gasteiger partial charge is 0.357 e. The molecule has 0 radical (unpaired) electrons. The second-order valence-corrected chi connectivity index (χ2v) is 7.14. The number of hydrogen-bond donors (Lipinski definition) is 3. The van der Waals surface area contributed by atoms with Crippen molar-refractivity contribution in [1.29, 1.82) is 0 Å². The molecule has 0 amide bonds. The number of unbranched alkanes of at least 4 members (excludes halogenated alkanes) is 4. The summed E-state index contributed by atoms with van der Waals surface area (Å²) in [4.78, 5) is 17.7. The molecule has 150 valence electrons. The number of anilines is 3. The summed E-state index contributed by atoms with van der Waals surface area (Å²) in [7, 11) is 10.3. The third kappa shape index (κ3) is 11.0. The van der Waals surface area contributed by atoms with E-state index in [4.69, 9.17) is 0 Å². The predicted molar refractivity (Wildman–Crippen MR) is 111 cm³/mol. The fourth-order valence-corrected chi connectivity index (χ4v) is 2.51. The van der Waals surface area contributed by atoms with Gasteiger partial charge >= 0.3 is 0 Å². The minimum atomic E-state index is 0.588. The highest BCUT2D eigenvalue weighted by Crippen LogP contribution is 2.10. The molecular weight excluding hydrogens is 328 g/mol. The quantitative estimate of drug-likeness (QED) is 0.408. The molecule has 0 bridgehead atoms. The van der Waals surface area contributed by atoms with E-state index in [1.807, 2.05) is 7.05 Å². The van der Waals surface area contributed by atoms with Gasteiger partial charge in [-0.3, -0.25) is 0 Å². The smallest absolute Gasteiger partial charge is 0.229 e. The number of aromatic nitrogens is 3. The second-order valence-electron chi connectivity index (χ2n) is 7.14. The molecule has 0 saturated carbocycles. The molecule has 0 aromatic carbocycles. The summed E-state index contributed by atoms with van der Waals surface area (Å²) in [5.74, 6) is 1.85. The average molecular weight is 367 g/mol. The summed E-state index contributed by atoms with van der Waals surface area (Å²) in [6.45, 7) is 4.03. The van der Waals surface area contributed by atoms with Crippen LogP contribution in [0.3, 0.4) is 0 Å². The van der Waals surface area contributed by atoms with Crippen LogP contribution in [0.5, 0.6) is 0 Å². The Kier molecular flexibility index (Phi) is 11.6. The molecule has 0 atom stereocenters. The average Bonchev–Trinajstić information content (AvgIpc) is 2.60. The topological polar surface area (TPSA) is 81.2 Å². The van der Waals surface area contributed by atoms with Crippen LogP contribution in [0.2, 0.25) is 0 Å². The summed E-state index contributed by atoms with van der Waals surface area (Å²) in [5.41, 5.74) is 0. The van der Waals surface area contributed by atoms with Crippen molar-refractivity contribution in [2.24, 2.45) is 0 Å². The number of nitrogens with one attached hydrogen (secondary N) is 3. The lowest BCUT2D eigenvalue weighted by atomic mass is 10.2. The third-order valence-corrected chi connectivity index (χ3v) is 3.99. The molecule has 8 nitrogen and oxygen atoms in total. The van der Waals surface area contributed by atoms with Gasteiger partial charge in [0, 0.05) is 20.1 Å². The first-order valence-electron chi connectivity index (χ1n) is 9.72. The van der Waals surface area contributed by atoms with E-state index in [1.54, 1.807) is 0 Å². The molecule has 8 heteroatoms. The molecule has 1 heterocycles. The van der Waals surface area contributed by atoms with Crippen molar-refractivity contribution in [1.82, 2.24) is 24.8 Å². The Balaban J connectivity index is 2.32. The summed E-state index contributed by atoms with van der Waals surface area (Å²) >= 11 is 0. The predicted octanol–water partition coefficient (Wildman–Crippen LogP) is 2.20. The summed E-state index contributed by atoms with van der Waals surface area (Å²) in [6, 6.07) is 0. The highest BCUT2D eigenvalue weighted by molar-refractivity contribution is 5.41. The number of hydrogen-bond acceptors (Lipinski definition) is 8. The zero-order valence-electron chi connectivity index (χ0n) is 17.3.